The van der Waals surface area contributed by atoms with Crippen molar-refractivity contribution in [2.45, 2.75) is 31.4 Å². The van der Waals surface area contributed by atoms with Gasteiger partial charge in [0.05, 0.1) is 30.8 Å². The molecule has 0 bridgehead atoms. The third kappa shape index (κ3) is 3.37. The summed E-state index contributed by atoms with van der Waals surface area (Å²) in [6, 6.07) is 7.90. The van der Waals surface area contributed by atoms with Crippen molar-refractivity contribution >= 4 is 11.8 Å². The first-order valence-electron chi connectivity index (χ1n) is 8.93. The number of fused-ring (bicyclic) bond motifs is 1. The highest BCUT2D eigenvalue weighted by Gasteiger charge is 2.47. The Morgan fingerprint density at radius 1 is 1.37 bits per heavy atom. The molecule has 1 spiro atoms. The van der Waals surface area contributed by atoms with E-state index >= 15 is 0 Å². The summed E-state index contributed by atoms with van der Waals surface area (Å²) in [4.78, 5) is 30.6. The van der Waals surface area contributed by atoms with E-state index in [1.807, 2.05) is 12.1 Å². The van der Waals surface area contributed by atoms with Crippen LogP contribution < -0.4 is 10.1 Å². The van der Waals surface area contributed by atoms with Crippen molar-refractivity contribution in [1.29, 1.82) is 0 Å². The van der Waals surface area contributed by atoms with Gasteiger partial charge in [-0.3, -0.25) is 9.78 Å². The average Bonchev–Trinajstić information content (AvgIpc) is 3.05. The number of nitrogens with zero attached hydrogens (tertiary/aromatic N) is 2. The number of urea groups is 1. The summed E-state index contributed by atoms with van der Waals surface area (Å²) in [5.41, 5.74) is 0.514. The second-order valence-electron chi connectivity index (χ2n) is 7.16. The van der Waals surface area contributed by atoms with Crippen LogP contribution in [0, 0.1) is 5.82 Å². The normalized spacial score (nSPS) is 22.3. The average molecular weight is 369 g/mol. The van der Waals surface area contributed by atoms with Crippen LogP contribution in [0.2, 0.25) is 0 Å². The molecule has 2 aliphatic rings. The fourth-order valence-corrected chi connectivity index (χ4v) is 3.71. The second-order valence-corrected chi connectivity index (χ2v) is 7.16. The fraction of sp³-hybridized carbons (Fsp3) is 0.350. The highest BCUT2D eigenvalue weighted by atomic mass is 19.1. The number of amides is 2. The summed E-state index contributed by atoms with van der Waals surface area (Å²) in [5.74, 6) is 0.176. The number of carbonyl (C=O) groups excluding carboxylic acids is 2. The number of rotatable bonds is 2. The zero-order valence-electron chi connectivity index (χ0n) is 14.9. The number of pyridine rings is 1. The molecule has 6 nitrogen and oxygen atoms in total. The molecular weight excluding hydrogens is 349 g/mol. The van der Waals surface area contributed by atoms with E-state index in [4.69, 9.17) is 4.74 Å². The van der Waals surface area contributed by atoms with Crippen LogP contribution >= 0.6 is 0 Å². The van der Waals surface area contributed by atoms with E-state index < -0.39 is 11.4 Å². The first kappa shape index (κ1) is 17.5. The molecule has 4 rings (SSSR count). The van der Waals surface area contributed by atoms with E-state index in [-0.39, 0.29) is 24.3 Å². The molecule has 140 valence electrons. The zero-order valence-corrected chi connectivity index (χ0v) is 14.9. The van der Waals surface area contributed by atoms with Crippen LogP contribution in [0.4, 0.5) is 9.18 Å². The van der Waals surface area contributed by atoms with E-state index in [1.54, 1.807) is 24.0 Å². The largest absolute Gasteiger partial charge is 0.484 e. The van der Waals surface area contributed by atoms with Crippen molar-refractivity contribution in [3.8, 4) is 5.75 Å². The number of carbonyl (C=O) groups is 2. The van der Waals surface area contributed by atoms with E-state index in [0.717, 1.165) is 6.20 Å². The number of halogens is 1. The van der Waals surface area contributed by atoms with Gasteiger partial charge in [0.2, 0.25) is 0 Å². The van der Waals surface area contributed by atoms with Gasteiger partial charge in [-0.1, -0.05) is 12.1 Å². The molecule has 2 aromatic rings. The Balaban J connectivity index is 1.44. The number of hydrogen-bond acceptors (Lipinski definition) is 4. The van der Waals surface area contributed by atoms with Crippen LogP contribution in [0.25, 0.3) is 0 Å². The van der Waals surface area contributed by atoms with Crippen LogP contribution in [-0.4, -0.2) is 40.4 Å². The number of ketones is 1. The third-order valence-electron chi connectivity index (χ3n) is 5.17. The Morgan fingerprint density at radius 3 is 3.00 bits per heavy atom. The van der Waals surface area contributed by atoms with Gasteiger partial charge in [0, 0.05) is 19.2 Å². The van der Waals surface area contributed by atoms with Gasteiger partial charge < -0.3 is 15.0 Å². The molecule has 27 heavy (non-hydrogen) atoms. The lowest BCUT2D eigenvalue weighted by Gasteiger charge is -2.34. The molecule has 2 amide bonds. The number of hydrogen-bond donors (Lipinski definition) is 1. The minimum Gasteiger partial charge on any atom is -0.484 e. The minimum absolute atomic E-state index is 0.0401. The SMILES string of the molecule is C[C@H](NC(=O)N1CCC2(CC(=O)c3ccccc3O2)C1)c1cncc(F)c1. The van der Waals surface area contributed by atoms with Crippen LogP contribution in [-0.2, 0) is 0 Å². The maximum atomic E-state index is 13.3. The van der Waals surface area contributed by atoms with Gasteiger partial charge in [0.1, 0.15) is 17.2 Å². The maximum absolute atomic E-state index is 13.3. The molecule has 0 radical (unpaired) electrons. The zero-order chi connectivity index (χ0) is 19.0. The number of ether oxygens (including phenoxy) is 1. The topological polar surface area (TPSA) is 71.5 Å². The summed E-state index contributed by atoms with van der Waals surface area (Å²) in [7, 11) is 0. The molecular formula is C20H20FN3O3. The molecule has 3 heterocycles. The summed E-state index contributed by atoms with van der Waals surface area (Å²) in [6.07, 6.45) is 3.50. The van der Waals surface area contributed by atoms with Crippen LogP contribution in [0.1, 0.15) is 41.7 Å². The number of para-hydroxylation sites is 1. The molecule has 1 unspecified atom stereocenters. The van der Waals surface area contributed by atoms with Gasteiger partial charge in [-0.05, 0) is 30.7 Å². The molecule has 0 aliphatic carbocycles. The number of aromatic nitrogens is 1. The Bertz CT molecular complexity index is 904. The summed E-state index contributed by atoms with van der Waals surface area (Å²) >= 11 is 0. The van der Waals surface area contributed by atoms with Gasteiger partial charge >= 0.3 is 6.03 Å². The Morgan fingerprint density at radius 2 is 2.19 bits per heavy atom. The standard InChI is InChI=1S/C20H20FN3O3/c1-13(14-8-15(21)11-22-10-14)23-19(26)24-7-6-20(12-24)9-17(25)16-4-2-3-5-18(16)27-20/h2-5,8,10-11,13H,6-7,9,12H2,1H3,(H,23,26)/t13-,20?/m0/s1. The summed E-state index contributed by atoms with van der Waals surface area (Å²) in [5, 5.41) is 2.86. The lowest BCUT2D eigenvalue weighted by molar-refractivity contribution is 0.0477. The van der Waals surface area contributed by atoms with Crippen LogP contribution in [0.5, 0.6) is 5.75 Å². The first-order valence-corrected chi connectivity index (χ1v) is 8.93. The molecule has 1 fully saturated rings. The van der Waals surface area contributed by atoms with Crippen molar-refractivity contribution in [2.75, 3.05) is 13.1 Å². The lowest BCUT2D eigenvalue weighted by atomic mass is 9.89. The van der Waals surface area contributed by atoms with Crippen LogP contribution in [0.3, 0.4) is 0 Å². The van der Waals surface area contributed by atoms with Crippen molar-refractivity contribution < 1.29 is 18.7 Å². The van der Waals surface area contributed by atoms with Gasteiger partial charge in [0.25, 0.3) is 0 Å². The lowest BCUT2D eigenvalue weighted by Crippen LogP contribution is -2.47. The maximum Gasteiger partial charge on any atom is 0.318 e. The molecule has 7 heteroatoms. The van der Waals surface area contributed by atoms with E-state index in [2.05, 4.69) is 10.3 Å². The van der Waals surface area contributed by atoms with Gasteiger partial charge in [-0.2, -0.15) is 0 Å². The van der Waals surface area contributed by atoms with Crippen molar-refractivity contribution in [1.82, 2.24) is 15.2 Å². The predicted octanol–water partition coefficient (Wildman–Crippen LogP) is 3.10. The van der Waals surface area contributed by atoms with Gasteiger partial charge in [-0.15, -0.1) is 0 Å². The number of Topliss-reactive ketones (excluding diaryl/α,β-unsaturated/α-hetero) is 1. The van der Waals surface area contributed by atoms with E-state index in [1.165, 1.54) is 12.3 Å². The monoisotopic (exact) mass is 369 g/mol. The molecule has 1 aromatic heterocycles. The highest BCUT2D eigenvalue weighted by molar-refractivity contribution is 6.00. The molecule has 1 saturated heterocycles. The Kier molecular flexibility index (Phi) is 4.30. The van der Waals surface area contributed by atoms with Gasteiger partial charge in [0.15, 0.2) is 5.78 Å². The Labute approximate surface area is 156 Å². The number of likely N-dealkylation sites (tertiary alicyclic amines) is 1. The van der Waals surface area contributed by atoms with Crippen molar-refractivity contribution in [3.05, 3.63) is 59.7 Å². The number of benzene rings is 1. The molecule has 2 atom stereocenters. The second kappa shape index (κ2) is 6.64. The highest BCUT2D eigenvalue weighted by Crippen LogP contribution is 2.38. The third-order valence-corrected chi connectivity index (χ3v) is 5.17. The Hall–Kier alpha value is -2.96. The van der Waals surface area contributed by atoms with Crippen molar-refractivity contribution in [3.63, 3.8) is 0 Å². The summed E-state index contributed by atoms with van der Waals surface area (Å²) in [6.45, 7) is 2.61. The first-order chi connectivity index (χ1) is 13.0. The van der Waals surface area contributed by atoms with Crippen LogP contribution in [0.15, 0.2) is 42.7 Å². The number of nitrogens with one attached hydrogen (secondary N) is 1. The molecule has 0 saturated carbocycles. The van der Waals surface area contributed by atoms with E-state index in [0.29, 0.717) is 36.4 Å². The smallest absolute Gasteiger partial charge is 0.318 e. The van der Waals surface area contributed by atoms with Gasteiger partial charge in [-0.25, -0.2) is 9.18 Å². The quantitative estimate of drug-likeness (QED) is 0.883. The predicted molar refractivity (Wildman–Crippen MR) is 96.1 cm³/mol. The van der Waals surface area contributed by atoms with E-state index in [9.17, 15) is 14.0 Å². The fourth-order valence-electron chi connectivity index (χ4n) is 3.71. The van der Waals surface area contributed by atoms with Crippen molar-refractivity contribution in [2.24, 2.45) is 0 Å². The molecule has 1 N–H and O–H groups in total. The molecule has 1 aromatic carbocycles. The molecule has 2 aliphatic heterocycles. The summed E-state index contributed by atoms with van der Waals surface area (Å²) < 4.78 is 19.5. The minimum atomic E-state index is -0.674.